The second-order valence-electron chi connectivity index (χ2n) is 9.66. The molecule has 1 aliphatic heterocycles. The summed E-state index contributed by atoms with van der Waals surface area (Å²) >= 11 is 0. The van der Waals surface area contributed by atoms with Crippen molar-refractivity contribution in [2.45, 2.75) is 26.8 Å². The maximum Gasteiger partial charge on any atom is 0.243 e. The van der Waals surface area contributed by atoms with Crippen molar-refractivity contribution in [3.05, 3.63) is 101 Å². The van der Waals surface area contributed by atoms with Gasteiger partial charge in [0.1, 0.15) is 6.54 Å². The number of benzene rings is 3. The van der Waals surface area contributed by atoms with Crippen LogP contribution in [0.5, 0.6) is 0 Å². The zero-order valence-corrected chi connectivity index (χ0v) is 22.3. The van der Waals surface area contributed by atoms with Crippen LogP contribution >= 0.6 is 0 Å². The molecular formula is C29H35N3O3S. The summed E-state index contributed by atoms with van der Waals surface area (Å²) in [6, 6.07) is 24.9. The summed E-state index contributed by atoms with van der Waals surface area (Å²) in [4.78, 5) is 17.5. The zero-order valence-electron chi connectivity index (χ0n) is 21.5. The number of rotatable bonds is 7. The van der Waals surface area contributed by atoms with Crippen molar-refractivity contribution < 1.29 is 13.2 Å². The average molecular weight is 506 g/mol. The molecule has 36 heavy (non-hydrogen) atoms. The quantitative estimate of drug-likeness (QED) is 0.480. The molecule has 1 heterocycles. The van der Waals surface area contributed by atoms with Crippen LogP contribution in [0.3, 0.4) is 0 Å². The van der Waals surface area contributed by atoms with E-state index in [1.165, 1.54) is 21.7 Å². The fraction of sp³-hybridized carbons (Fsp3) is 0.345. The highest BCUT2D eigenvalue weighted by Gasteiger charge is 2.31. The smallest absolute Gasteiger partial charge is 0.243 e. The Morgan fingerprint density at radius 1 is 0.833 bits per heavy atom. The number of hydrogen-bond donors (Lipinski definition) is 0. The van der Waals surface area contributed by atoms with E-state index in [-0.39, 0.29) is 18.5 Å². The molecule has 1 saturated heterocycles. The first-order valence-electron chi connectivity index (χ1n) is 12.3. The van der Waals surface area contributed by atoms with Gasteiger partial charge in [0.15, 0.2) is 0 Å². The summed E-state index contributed by atoms with van der Waals surface area (Å²) < 4.78 is 26.7. The van der Waals surface area contributed by atoms with Crippen LogP contribution in [0.1, 0.15) is 33.9 Å². The Bertz CT molecular complexity index is 1240. The number of nitrogens with zero attached hydrogens (tertiary/aromatic N) is 3. The lowest BCUT2D eigenvalue weighted by Gasteiger charge is -2.40. The van der Waals surface area contributed by atoms with Gasteiger partial charge in [0.05, 0.1) is 18.0 Å². The first kappa shape index (κ1) is 25.9. The van der Waals surface area contributed by atoms with Crippen molar-refractivity contribution in [1.82, 2.24) is 9.80 Å². The van der Waals surface area contributed by atoms with Gasteiger partial charge in [-0.05, 0) is 43.0 Å². The fourth-order valence-electron chi connectivity index (χ4n) is 5.27. The minimum atomic E-state index is -3.63. The maximum atomic E-state index is 13.3. The lowest BCUT2D eigenvalue weighted by Crippen LogP contribution is -2.52. The molecular weight excluding hydrogens is 470 g/mol. The highest BCUT2D eigenvalue weighted by Crippen LogP contribution is 2.31. The molecule has 1 fully saturated rings. The Morgan fingerprint density at radius 3 is 1.75 bits per heavy atom. The molecule has 6 nitrogen and oxygen atoms in total. The Kier molecular flexibility index (Phi) is 7.81. The largest absolute Gasteiger partial charge is 0.339 e. The molecule has 0 spiro atoms. The van der Waals surface area contributed by atoms with Crippen LogP contribution in [0.15, 0.2) is 72.8 Å². The molecule has 0 atom stereocenters. The number of carbonyl (C=O) groups excluding carboxylic acids is 1. The predicted octanol–water partition coefficient (Wildman–Crippen LogP) is 4.31. The third-order valence-electron chi connectivity index (χ3n) is 6.83. The lowest BCUT2D eigenvalue weighted by atomic mass is 9.96. The Hall–Kier alpha value is -3.16. The molecule has 0 bridgehead atoms. The summed E-state index contributed by atoms with van der Waals surface area (Å²) in [6.07, 6.45) is 1.17. The number of hydrogen-bond acceptors (Lipinski definition) is 4. The number of piperazine rings is 1. The van der Waals surface area contributed by atoms with E-state index in [9.17, 15) is 13.2 Å². The SMILES string of the molecule is Cc1cc(C)c(N(CC(=O)N2CCN(C(c3ccccc3)c3ccccc3)CC2)S(C)(=O)=O)c(C)c1. The van der Waals surface area contributed by atoms with Gasteiger partial charge in [-0.2, -0.15) is 0 Å². The summed E-state index contributed by atoms with van der Waals surface area (Å²) in [5, 5.41) is 0. The molecule has 0 aliphatic carbocycles. The summed E-state index contributed by atoms with van der Waals surface area (Å²) in [5.41, 5.74) is 5.81. The molecule has 3 aromatic rings. The van der Waals surface area contributed by atoms with Crippen molar-refractivity contribution in [2.75, 3.05) is 43.3 Å². The Labute approximate surface area is 215 Å². The summed E-state index contributed by atoms with van der Waals surface area (Å²) in [5.74, 6) is -0.171. The molecule has 3 aromatic carbocycles. The normalized spacial score (nSPS) is 14.8. The minimum Gasteiger partial charge on any atom is -0.339 e. The third kappa shape index (κ3) is 5.79. The molecule has 7 heteroatoms. The second kappa shape index (κ2) is 10.8. The van der Waals surface area contributed by atoms with Gasteiger partial charge in [0.2, 0.25) is 15.9 Å². The first-order chi connectivity index (χ1) is 17.1. The third-order valence-corrected chi connectivity index (χ3v) is 7.94. The molecule has 0 N–H and O–H groups in total. The molecule has 4 rings (SSSR count). The van der Waals surface area contributed by atoms with Gasteiger partial charge in [-0.3, -0.25) is 14.0 Å². The van der Waals surface area contributed by atoms with E-state index >= 15 is 0 Å². The van der Waals surface area contributed by atoms with Crippen LogP contribution in [0, 0.1) is 20.8 Å². The van der Waals surface area contributed by atoms with Gasteiger partial charge >= 0.3 is 0 Å². The second-order valence-corrected chi connectivity index (χ2v) is 11.6. The first-order valence-corrected chi connectivity index (χ1v) is 14.2. The number of aryl methyl sites for hydroxylation is 3. The molecule has 0 radical (unpaired) electrons. The summed E-state index contributed by atoms with van der Waals surface area (Å²) in [7, 11) is -3.63. The monoisotopic (exact) mass is 505 g/mol. The van der Waals surface area contributed by atoms with Crippen LogP contribution in [-0.2, 0) is 14.8 Å². The molecule has 1 amide bonds. The van der Waals surface area contributed by atoms with Gasteiger partial charge in [0.25, 0.3) is 0 Å². The van der Waals surface area contributed by atoms with Crippen molar-refractivity contribution in [3.63, 3.8) is 0 Å². The average Bonchev–Trinajstić information content (AvgIpc) is 2.84. The fourth-order valence-corrected chi connectivity index (χ4v) is 6.23. The standard InChI is InChI=1S/C29H35N3O3S/c1-22-19-23(2)28(24(3)20-22)32(36(4,34)35)21-27(33)30-15-17-31(18-16-30)29(25-11-7-5-8-12-25)26-13-9-6-10-14-26/h5-14,19-20,29H,15-18,21H2,1-4H3. The lowest BCUT2D eigenvalue weighted by molar-refractivity contribution is -0.131. The van der Waals surface area contributed by atoms with Crippen LogP contribution in [0.4, 0.5) is 5.69 Å². The van der Waals surface area contributed by atoms with Crippen molar-refractivity contribution in [3.8, 4) is 0 Å². The van der Waals surface area contributed by atoms with Gasteiger partial charge < -0.3 is 4.90 Å². The molecule has 0 unspecified atom stereocenters. The van der Waals surface area contributed by atoms with Gasteiger partial charge in [-0.15, -0.1) is 0 Å². The maximum absolute atomic E-state index is 13.3. The van der Waals surface area contributed by atoms with E-state index in [1.54, 1.807) is 4.90 Å². The van der Waals surface area contributed by atoms with Gasteiger partial charge in [-0.25, -0.2) is 8.42 Å². The van der Waals surface area contributed by atoms with Gasteiger partial charge in [-0.1, -0.05) is 78.4 Å². The van der Waals surface area contributed by atoms with Crippen molar-refractivity contribution >= 4 is 21.6 Å². The highest BCUT2D eigenvalue weighted by atomic mass is 32.2. The van der Waals surface area contributed by atoms with Gasteiger partial charge in [0, 0.05) is 26.2 Å². The number of amides is 1. The number of anilines is 1. The van der Waals surface area contributed by atoms with E-state index in [0.717, 1.165) is 16.7 Å². The molecule has 0 aromatic heterocycles. The Balaban J connectivity index is 1.50. The van der Waals surface area contributed by atoms with E-state index in [1.807, 2.05) is 45.0 Å². The predicted molar refractivity (Wildman–Crippen MR) is 146 cm³/mol. The van der Waals surface area contributed by atoms with Crippen LogP contribution in [0.25, 0.3) is 0 Å². The van der Waals surface area contributed by atoms with E-state index in [4.69, 9.17) is 0 Å². The minimum absolute atomic E-state index is 0.107. The topological polar surface area (TPSA) is 60.9 Å². The van der Waals surface area contributed by atoms with Crippen LogP contribution in [-0.4, -0.2) is 63.1 Å². The number of sulfonamides is 1. The van der Waals surface area contributed by atoms with Crippen LogP contribution < -0.4 is 4.31 Å². The molecule has 0 saturated carbocycles. The Morgan fingerprint density at radius 2 is 1.31 bits per heavy atom. The number of carbonyl (C=O) groups is 1. The van der Waals surface area contributed by atoms with E-state index in [0.29, 0.717) is 31.9 Å². The van der Waals surface area contributed by atoms with Crippen molar-refractivity contribution in [2.24, 2.45) is 0 Å². The van der Waals surface area contributed by atoms with Crippen LogP contribution in [0.2, 0.25) is 0 Å². The van der Waals surface area contributed by atoms with Crippen molar-refractivity contribution in [1.29, 1.82) is 0 Å². The van der Waals surface area contributed by atoms with E-state index in [2.05, 4.69) is 53.4 Å². The zero-order chi connectivity index (χ0) is 25.9. The molecule has 1 aliphatic rings. The molecule has 190 valence electrons. The summed E-state index contributed by atoms with van der Waals surface area (Å²) in [6.45, 7) is 8.11. The van der Waals surface area contributed by atoms with E-state index < -0.39 is 10.0 Å². The highest BCUT2D eigenvalue weighted by molar-refractivity contribution is 7.92.